The van der Waals surface area contributed by atoms with Gasteiger partial charge in [-0.3, -0.25) is 0 Å². The summed E-state index contributed by atoms with van der Waals surface area (Å²) in [6.07, 6.45) is 1.46. The van der Waals surface area contributed by atoms with Gasteiger partial charge in [-0.15, -0.1) is 0 Å². The van der Waals surface area contributed by atoms with Crippen molar-refractivity contribution in [2.75, 3.05) is 13.1 Å². The van der Waals surface area contributed by atoms with Gasteiger partial charge in [0.15, 0.2) is 0 Å². The van der Waals surface area contributed by atoms with E-state index in [-0.39, 0.29) is 12.6 Å². The highest BCUT2D eigenvalue weighted by atomic mass is 32.2. The Morgan fingerprint density at radius 3 is 2.68 bits per heavy atom. The van der Waals surface area contributed by atoms with Gasteiger partial charge in [0.05, 0.1) is 10.9 Å². The Balaban J connectivity index is 2.24. The molecule has 7 heteroatoms. The predicted octanol–water partition coefficient (Wildman–Crippen LogP) is 2.46. The van der Waals surface area contributed by atoms with E-state index >= 15 is 0 Å². The van der Waals surface area contributed by atoms with Crippen LogP contribution in [0.15, 0.2) is 34.3 Å². The second kappa shape index (κ2) is 5.61. The summed E-state index contributed by atoms with van der Waals surface area (Å²) in [6.45, 7) is 2.66. The van der Waals surface area contributed by atoms with E-state index in [1.165, 1.54) is 4.31 Å². The number of aryl methyl sites for hydroxylation is 1. The summed E-state index contributed by atoms with van der Waals surface area (Å²) in [5, 5.41) is 3.63. The summed E-state index contributed by atoms with van der Waals surface area (Å²) < 4.78 is 26.3. The number of nitrogens with zero attached hydrogens (tertiary/aromatic N) is 4. The lowest BCUT2D eigenvalue weighted by Gasteiger charge is -2.29. The summed E-state index contributed by atoms with van der Waals surface area (Å²) in [7, 11) is -3.48. The van der Waals surface area contributed by atoms with E-state index in [9.17, 15) is 8.42 Å². The summed E-state index contributed by atoms with van der Waals surface area (Å²) in [5.41, 5.74) is 9.46. The second-order valence-electron chi connectivity index (χ2n) is 4.68. The third kappa shape index (κ3) is 3.07. The number of benzene rings is 1. The lowest BCUT2D eigenvalue weighted by Crippen LogP contribution is -2.41. The Morgan fingerprint density at radius 2 is 2.05 bits per heavy atom. The van der Waals surface area contributed by atoms with Crippen LogP contribution in [0.3, 0.4) is 0 Å². The van der Waals surface area contributed by atoms with Crippen molar-refractivity contribution in [2.24, 2.45) is 5.11 Å². The lowest BCUT2D eigenvalue weighted by molar-refractivity contribution is 0.316. The van der Waals surface area contributed by atoms with Gasteiger partial charge in [0, 0.05) is 18.0 Å². The van der Waals surface area contributed by atoms with Crippen molar-refractivity contribution in [1.82, 2.24) is 4.31 Å². The molecule has 0 saturated carbocycles. The molecule has 1 aliphatic rings. The Bertz CT molecular complexity index is 591. The van der Waals surface area contributed by atoms with Gasteiger partial charge in [-0.1, -0.05) is 22.8 Å². The summed E-state index contributed by atoms with van der Waals surface area (Å²) in [5.74, 6) is 0. The molecule has 0 N–H and O–H groups in total. The molecule has 6 nitrogen and oxygen atoms in total. The fourth-order valence-corrected chi connectivity index (χ4v) is 3.68. The van der Waals surface area contributed by atoms with Crippen LogP contribution in [0.25, 0.3) is 10.4 Å². The Kier molecular flexibility index (Phi) is 4.09. The molecule has 0 unspecified atom stereocenters. The van der Waals surface area contributed by atoms with E-state index in [0.29, 0.717) is 11.4 Å². The van der Waals surface area contributed by atoms with Gasteiger partial charge in [-0.05, 0) is 37.4 Å². The molecule has 0 amide bonds. The molecule has 0 spiro atoms. The first-order valence-corrected chi connectivity index (χ1v) is 7.59. The fraction of sp³-hybridized carbons (Fsp3) is 0.500. The molecule has 0 aliphatic carbocycles. The zero-order valence-electron chi connectivity index (χ0n) is 10.7. The molecular weight excluding hydrogens is 264 g/mol. The maximum Gasteiger partial charge on any atom is 0.243 e. The van der Waals surface area contributed by atoms with Crippen LogP contribution in [0.1, 0.15) is 18.4 Å². The van der Waals surface area contributed by atoms with Gasteiger partial charge < -0.3 is 0 Å². The number of hydrogen-bond acceptors (Lipinski definition) is 3. The molecular formula is C12H16N4O2S. The van der Waals surface area contributed by atoms with Crippen molar-refractivity contribution >= 4 is 10.0 Å². The van der Waals surface area contributed by atoms with Gasteiger partial charge in [0.1, 0.15) is 0 Å². The van der Waals surface area contributed by atoms with Crippen molar-refractivity contribution in [3.05, 3.63) is 40.3 Å². The van der Waals surface area contributed by atoms with Crippen LogP contribution >= 0.6 is 0 Å². The highest BCUT2D eigenvalue weighted by Crippen LogP contribution is 2.22. The normalized spacial score (nSPS) is 20.8. The summed E-state index contributed by atoms with van der Waals surface area (Å²) >= 11 is 0. The SMILES string of the molecule is Cc1ccc(S(=O)(=O)N2CCC[C@@H](N=[N+]=[N-])C2)cc1. The predicted molar refractivity (Wildman–Crippen MR) is 72.1 cm³/mol. The monoisotopic (exact) mass is 280 g/mol. The summed E-state index contributed by atoms with van der Waals surface area (Å²) in [6, 6.07) is 6.52. The van der Waals surface area contributed by atoms with Crippen LogP contribution < -0.4 is 0 Å². The second-order valence-corrected chi connectivity index (χ2v) is 6.62. The smallest absolute Gasteiger partial charge is 0.207 e. The van der Waals surface area contributed by atoms with Crippen LogP contribution in [0.5, 0.6) is 0 Å². The minimum absolute atomic E-state index is 0.264. The van der Waals surface area contributed by atoms with Gasteiger partial charge >= 0.3 is 0 Å². The van der Waals surface area contributed by atoms with E-state index in [4.69, 9.17) is 5.53 Å². The topological polar surface area (TPSA) is 86.1 Å². The molecule has 0 radical (unpaired) electrons. The van der Waals surface area contributed by atoms with Crippen molar-refractivity contribution in [2.45, 2.75) is 30.7 Å². The van der Waals surface area contributed by atoms with E-state index < -0.39 is 10.0 Å². The van der Waals surface area contributed by atoms with Crippen LogP contribution in [0.4, 0.5) is 0 Å². The zero-order chi connectivity index (χ0) is 13.9. The lowest BCUT2D eigenvalue weighted by atomic mass is 10.1. The number of piperidine rings is 1. The average molecular weight is 280 g/mol. The van der Waals surface area contributed by atoms with Crippen molar-refractivity contribution < 1.29 is 8.42 Å². The Morgan fingerprint density at radius 1 is 1.37 bits per heavy atom. The molecule has 1 aromatic rings. The van der Waals surface area contributed by atoms with Crippen LogP contribution in [-0.4, -0.2) is 31.9 Å². The van der Waals surface area contributed by atoms with E-state index in [0.717, 1.165) is 18.4 Å². The van der Waals surface area contributed by atoms with Crippen LogP contribution in [-0.2, 0) is 10.0 Å². The standard InChI is InChI=1S/C12H16N4O2S/c1-10-4-6-12(7-5-10)19(17,18)16-8-2-3-11(9-16)14-15-13/h4-7,11H,2-3,8-9H2,1H3/t11-/m1/s1. The van der Waals surface area contributed by atoms with Crippen LogP contribution in [0.2, 0.25) is 0 Å². The first-order valence-electron chi connectivity index (χ1n) is 6.15. The molecule has 2 rings (SSSR count). The third-order valence-electron chi connectivity index (χ3n) is 3.23. The van der Waals surface area contributed by atoms with Crippen molar-refractivity contribution in [3.63, 3.8) is 0 Å². The number of rotatable bonds is 3. The Labute approximate surface area is 112 Å². The molecule has 1 heterocycles. The molecule has 19 heavy (non-hydrogen) atoms. The average Bonchev–Trinajstić information content (AvgIpc) is 2.40. The van der Waals surface area contributed by atoms with Crippen LogP contribution in [0, 0.1) is 6.92 Å². The highest BCUT2D eigenvalue weighted by Gasteiger charge is 2.29. The zero-order valence-corrected chi connectivity index (χ0v) is 11.5. The minimum Gasteiger partial charge on any atom is -0.207 e. The van der Waals surface area contributed by atoms with Gasteiger partial charge in [0.2, 0.25) is 10.0 Å². The molecule has 0 aromatic heterocycles. The first-order chi connectivity index (χ1) is 9.04. The number of sulfonamides is 1. The molecule has 1 aliphatic heterocycles. The molecule has 0 bridgehead atoms. The van der Waals surface area contributed by atoms with Gasteiger partial charge in [-0.25, -0.2) is 8.42 Å². The van der Waals surface area contributed by atoms with E-state index in [1.807, 2.05) is 6.92 Å². The maximum absolute atomic E-state index is 12.4. The first kappa shape index (κ1) is 13.9. The number of azide groups is 1. The van der Waals surface area contributed by atoms with E-state index in [2.05, 4.69) is 10.0 Å². The minimum atomic E-state index is -3.48. The maximum atomic E-state index is 12.4. The number of hydrogen-bond donors (Lipinski definition) is 0. The molecule has 1 aromatic carbocycles. The molecule has 1 fully saturated rings. The molecule has 1 saturated heterocycles. The fourth-order valence-electron chi connectivity index (χ4n) is 2.17. The Hall–Kier alpha value is -1.56. The van der Waals surface area contributed by atoms with Crippen molar-refractivity contribution in [3.8, 4) is 0 Å². The molecule has 102 valence electrons. The quantitative estimate of drug-likeness (QED) is 0.484. The molecule has 1 atom stereocenters. The van der Waals surface area contributed by atoms with Crippen molar-refractivity contribution in [1.29, 1.82) is 0 Å². The largest absolute Gasteiger partial charge is 0.243 e. The van der Waals surface area contributed by atoms with E-state index in [1.54, 1.807) is 24.3 Å². The highest BCUT2D eigenvalue weighted by molar-refractivity contribution is 7.89. The summed E-state index contributed by atoms with van der Waals surface area (Å²) in [4.78, 5) is 3.06. The van der Waals surface area contributed by atoms with Gasteiger partial charge in [0.25, 0.3) is 0 Å². The third-order valence-corrected chi connectivity index (χ3v) is 5.11. The van der Waals surface area contributed by atoms with Gasteiger partial charge in [-0.2, -0.15) is 4.31 Å².